The Morgan fingerprint density at radius 3 is 3.07 bits per heavy atom. The fourth-order valence-corrected chi connectivity index (χ4v) is 1.98. The Labute approximate surface area is 84.7 Å². The fraction of sp³-hybridized carbons (Fsp3) is 0.700. The van der Waals surface area contributed by atoms with Crippen LogP contribution in [-0.2, 0) is 13.5 Å². The van der Waals surface area contributed by atoms with Crippen LogP contribution in [0.5, 0.6) is 0 Å². The summed E-state index contributed by atoms with van der Waals surface area (Å²) in [6.45, 7) is 3.31. The first-order chi connectivity index (χ1) is 6.75. The van der Waals surface area contributed by atoms with Gasteiger partial charge in [-0.15, -0.1) is 0 Å². The van der Waals surface area contributed by atoms with Crippen LogP contribution in [0, 0.1) is 0 Å². The number of nitrogens with two attached hydrogens (primary N) is 1. The van der Waals surface area contributed by atoms with Crippen LogP contribution in [0.2, 0.25) is 0 Å². The molecule has 1 aromatic heterocycles. The molecule has 2 rings (SSSR count). The number of likely N-dealkylation sites (tertiary alicyclic amines) is 1. The summed E-state index contributed by atoms with van der Waals surface area (Å²) in [5.41, 5.74) is 7.14. The molecule has 14 heavy (non-hydrogen) atoms. The minimum atomic E-state index is 0.390. The van der Waals surface area contributed by atoms with Gasteiger partial charge in [0.15, 0.2) is 0 Å². The Kier molecular flexibility index (Phi) is 2.84. The van der Waals surface area contributed by atoms with Crippen molar-refractivity contribution in [1.82, 2.24) is 14.7 Å². The van der Waals surface area contributed by atoms with Crippen LogP contribution >= 0.6 is 0 Å². The number of aryl methyl sites for hydroxylation is 1. The maximum Gasteiger partial charge on any atom is 0.0492 e. The Morgan fingerprint density at radius 2 is 2.50 bits per heavy atom. The molecule has 0 spiro atoms. The molecule has 0 amide bonds. The van der Waals surface area contributed by atoms with Crippen LogP contribution in [-0.4, -0.2) is 40.4 Å². The number of hydrogen-bond acceptors (Lipinski definition) is 3. The summed E-state index contributed by atoms with van der Waals surface area (Å²) in [6.07, 6.45) is 4.07. The van der Waals surface area contributed by atoms with Gasteiger partial charge in [0.05, 0.1) is 0 Å². The molecule has 4 nitrogen and oxygen atoms in total. The second-order valence-electron chi connectivity index (χ2n) is 4.05. The number of aromatic nitrogens is 2. The van der Waals surface area contributed by atoms with Gasteiger partial charge in [0.1, 0.15) is 0 Å². The molecular formula is C10H18N4. The van der Waals surface area contributed by atoms with Crippen molar-refractivity contribution in [1.29, 1.82) is 0 Å². The highest BCUT2D eigenvalue weighted by Gasteiger charge is 2.18. The van der Waals surface area contributed by atoms with E-state index in [1.54, 1.807) is 0 Å². The summed E-state index contributed by atoms with van der Waals surface area (Å²) in [5, 5.41) is 4.15. The number of nitrogens with zero attached hydrogens (tertiary/aromatic N) is 3. The Hall–Kier alpha value is -0.870. The molecule has 2 N–H and O–H groups in total. The van der Waals surface area contributed by atoms with E-state index in [0.29, 0.717) is 6.04 Å². The van der Waals surface area contributed by atoms with Crippen LogP contribution in [0.25, 0.3) is 0 Å². The van der Waals surface area contributed by atoms with E-state index in [0.717, 1.165) is 32.5 Å². The molecule has 0 unspecified atom stereocenters. The maximum absolute atomic E-state index is 5.84. The van der Waals surface area contributed by atoms with E-state index in [-0.39, 0.29) is 0 Å². The Balaban J connectivity index is 1.80. The molecule has 0 bridgehead atoms. The topological polar surface area (TPSA) is 47.1 Å². The van der Waals surface area contributed by atoms with Gasteiger partial charge in [-0.3, -0.25) is 4.68 Å². The highest BCUT2D eigenvalue weighted by molar-refractivity contribution is 5.00. The van der Waals surface area contributed by atoms with Gasteiger partial charge in [-0.2, -0.15) is 5.10 Å². The minimum Gasteiger partial charge on any atom is -0.326 e. The predicted molar refractivity (Wildman–Crippen MR) is 55.9 cm³/mol. The zero-order chi connectivity index (χ0) is 9.97. The van der Waals surface area contributed by atoms with Crippen molar-refractivity contribution in [2.45, 2.75) is 18.9 Å². The number of rotatable bonds is 3. The molecule has 1 aliphatic heterocycles. The predicted octanol–water partition coefficient (Wildman–Crippen LogP) is -0.00440. The first-order valence-electron chi connectivity index (χ1n) is 5.20. The molecule has 0 radical (unpaired) electrons. The molecule has 4 heteroatoms. The normalized spacial score (nSPS) is 23.1. The molecular weight excluding hydrogens is 176 g/mol. The minimum absolute atomic E-state index is 0.390. The van der Waals surface area contributed by atoms with E-state index in [4.69, 9.17) is 5.73 Å². The van der Waals surface area contributed by atoms with Crippen molar-refractivity contribution >= 4 is 0 Å². The van der Waals surface area contributed by atoms with Crippen molar-refractivity contribution in [2.75, 3.05) is 19.6 Å². The summed E-state index contributed by atoms with van der Waals surface area (Å²) in [7, 11) is 1.99. The molecule has 1 aliphatic rings. The van der Waals surface area contributed by atoms with Crippen LogP contribution < -0.4 is 5.73 Å². The standard InChI is InChI=1S/C10H18N4/c1-13-10(2-5-12-13)4-7-14-6-3-9(11)8-14/h2,5,9H,3-4,6-8,11H2,1H3/t9-/m1/s1. The molecule has 1 aromatic rings. The van der Waals surface area contributed by atoms with Crippen molar-refractivity contribution in [3.05, 3.63) is 18.0 Å². The second-order valence-corrected chi connectivity index (χ2v) is 4.05. The lowest BCUT2D eigenvalue weighted by Gasteiger charge is -2.14. The summed E-state index contributed by atoms with van der Waals surface area (Å²) < 4.78 is 1.94. The monoisotopic (exact) mass is 194 g/mol. The average molecular weight is 194 g/mol. The first kappa shape index (κ1) is 9.68. The zero-order valence-electron chi connectivity index (χ0n) is 8.69. The largest absolute Gasteiger partial charge is 0.326 e. The first-order valence-corrected chi connectivity index (χ1v) is 5.20. The smallest absolute Gasteiger partial charge is 0.0492 e. The molecule has 78 valence electrons. The van der Waals surface area contributed by atoms with Gasteiger partial charge in [-0.05, 0) is 19.0 Å². The van der Waals surface area contributed by atoms with E-state index in [9.17, 15) is 0 Å². The van der Waals surface area contributed by atoms with Gasteiger partial charge in [0.25, 0.3) is 0 Å². The van der Waals surface area contributed by atoms with Crippen molar-refractivity contribution < 1.29 is 0 Å². The molecule has 0 saturated carbocycles. The third-order valence-corrected chi connectivity index (χ3v) is 2.92. The lowest BCUT2D eigenvalue weighted by molar-refractivity contribution is 0.336. The lowest BCUT2D eigenvalue weighted by Crippen LogP contribution is -2.28. The van der Waals surface area contributed by atoms with E-state index >= 15 is 0 Å². The van der Waals surface area contributed by atoms with E-state index in [1.165, 1.54) is 5.69 Å². The third kappa shape index (κ3) is 2.13. The quantitative estimate of drug-likeness (QED) is 0.736. The summed E-state index contributed by atoms with van der Waals surface area (Å²) >= 11 is 0. The Bertz CT molecular complexity index is 294. The molecule has 1 atom stereocenters. The lowest BCUT2D eigenvalue weighted by atomic mass is 10.3. The van der Waals surface area contributed by atoms with Gasteiger partial charge in [0, 0.05) is 44.5 Å². The molecule has 1 saturated heterocycles. The zero-order valence-corrected chi connectivity index (χ0v) is 8.69. The highest BCUT2D eigenvalue weighted by Crippen LogP contribution is 2.08. The summed E-state index contributed by atoms with van der Waals surface area (Å²) in [4.78, 5) is 2.43. The second kappa shape index (κ2) is 4.11. The Morgan fingerprint density at radius 1 is 1.64 bits per heavy atom. The third-order valence-electron chi connectivity index (χ3n) is 2.92. The average Bonchev–Trinajstić information content (AvgIpc) is 2.72. The van der Waals surface area contributed by atoms with Crippen LogP contribution in [0.15, 0.2) is 12.3 Å². The highest BCUT2D eigenvalue weighted by atomic mass is 15.3. The van der Waals surface area contributed by atoms with Crippen molar-refractivity contribution in [2.24, 2.45) is 12.8 Å². The van der Waals surface area contributed by atoms with E-state index in [2.05, 4.69) is 16.1 Å². The summed E-state index contributed by atoms with van der Waals surface area (Å²) in [5.74, 6) is 0. The van der Waals surface area contributed by atoms with Crippen LogP contribution in [0.3, 0.4) is 0 Å². The van der Waals surface area contributed by atoms with Gasteiger partial charge < -0.3 is 10.6 Å². The van der Waals surface area contributed by atoms with Gasteiger partial charge in [-0.1, -0.05) is 0 Å². The molecule has 2 heterocycles. The van der Waals surface area contributed by atoms with Gasteiger partial charge >= 0.3 is 0 Å². The molecule has 1 fully saturated rings. The van der Waals surface area contributed by atoms with E-state index in [1.807, 2.05) is 17.9 Å². The summed E-state index contributed by atoms with van der Waals surface area (Å²) in [6, 6.07) is 2.47. The number of hydrogen-bond donors (Lipinski definition) is 1. The van der Waals surface area contributed by atoms with Crippen molar-refractivity contribution in [3.8, 4) is 0 Å². The van der Waals surface area contributed by atoms with Crippen LogP contribution in [0.4, 0.5) is 0 Å². The molecule has 0 aromatic carbocycles. The van der Waals surface area contributed by atoms with E-state index < -0.39 is 0 Å². The fourth-order valence-electron chi connectivity index (χ4n) is 1.98. The van der Waals surface area contributed by atoms with Gasteiger partial charge in [-0.25, -0.2) is 0 Å². The molecule has 0 aliphatic carbocycles. The van der Waals surface area contributed by atoms with Crippen LogP contribution in [0.1, 0.15) is 12.1 Å². The van der Waals surface area contributed by atoms with Crippen molar-refractivity contribution in [3.63, 3.8) is 0 Å². The SMILES string of the molecule is Cn1nccc1CCN1CC[C@@H](N)C1. The maximum atomic E-state index is 5.84. The van der Waals surface area contributed by atoms with Gasteiger partial charge in [0.2, 0.25) is 0 Å².